The highest BCUT2D eigenvalue weighted by atomic mass is 35.5. The van der Waals surface area contributed by atoms with Gasteiger partial charge in [0.2, 0.25) is 0 Å². The fraction of sp³-hybridized carbons (Fsp3) is 0.150. The molecule has 0 saturated carbocycles. The number of hydrogen-bond acceptors (Lipinski definition) is 6. The van der Waals surface area contributed by atoms with Gasteiger partial charge >= 0.3 is 5.97 Å². The van der Waals surface area contributed by atoms with Gasteiger partial charge in [-0.25, -0.2) is 4.68 Å². The van der Waals surface area contributed by atoms with Gasteiger partial charge in [0.25, 0.3) is 11.6 Å². The SMILES string of the molecule is COC(=O)CC(NC(=O)c1ccn(-c2cccc([N+](=O)[O-])c2)n1)c1ccccc1Cl. The van der Waals surface area contributed by atoms with E-state index < -0.39 is 22.8 Å². The molecule has 0 aliphatic carbocycles. The largest absolute Gasteiger partial charge is 0.469 e. The van der Waals surface area contributed by atoms with Crippen LogP contribution in [0.15, 0.2) is 60.8 Å². The Morgan fingerprint density at radius 1 is 1.23 bits per heavy atom. The number of carbonyl (C=O) groups excluding carboxylic acids is 2. The number of nitrogens with zero attached hydrogens (tertiary/aromatic N) is 3. The van der Waals surface area contributed by atoms with Crippen LogP contribution >= 0.6 is 11.6 Å². The Hall–Kier alpha value is -3.72. The monoisotopic (exact) mass is 428 g/mol. The van der Waals surface area contributed by atoms with Crippen molar-refractivity contribution in [1.82, 2.24) is 15.1 Å². The van der Waals surface area contributed by atoms with Crippen LogP contribution < -0.4 is 5.32 Å². The highest BCUT2D eigenvalue weighted by Gasteiger charge is 2.23. The quantitative estimate of drug-likeness (QED) is 0.350. The van der Waals surface area contributed by atoms with Gasteiger partial charge in [-0.3, -0.25) is 19.7 Å². The number of rotatable bonds is 7. The van der Waals surface area contributed by atoms with Gasteiger partial charge in [-0.05, 0) is 23.8 Å². The number of hydrogen-bond donors (Lipinski definition) is 1. The summed E-state index contributed by atoms with van der Waals surface area (Å²) in [6, 6.07) is 13.5. The number of non-ortho nitro benzene ring substituents is 1. The van der Waals surface area contributed by atoms with E-state index in [1.165, 1.54) is 42.3 Å². The Labute approximate surface area is 176 Å². The lowest BCUT2D eigenvalue weighted by molar-refractivity contribution is -0.384. The number of benzene rings is 2. The molecule has 9 nitrogen and oxygen atoms in total. The maximum atomic E-state index is 12.7. The summed E-state index contributed by atoms with van der Waals surface area (Å²) in [5, 5.41) is 18.3. The number of esters is 1. The van der Waals surface area contributed by atoms with Crippen LogP contribution in [0, 0.1) is 10.1 Å². The van der Waals surface area contributed by atoms with Gasteiger partial charge in [0, 0.05) is 23.4 Å². The van der Waals surface area contributed by atoms with Crippen LogP contribution in [0.5, 0.6) is 0 Å². The molecule has 154 valence electrons. The Morgan fingerprint density at radius 3 is 2.70 bits per heavy atom. The van der Waals surface area contributed by atoms with Crippen LogP contribution in [0.2, 0.25) is 5.02 Å². The molecule has 2 aromatic carbocycles. The number of nitro groups is 1. The van der Waals surface area contributed by atoms with E-state index >= 15 is 0 Å². The van der Waals surface area contributed by atoms with Gasteiger partial charge < -0.3 is 10.1 Å². The number of halogens is 1. The van der Waals surface area contributed by atoms with Crippen molar-refractivity contribution >= 4 is 29.2 Å². The molecular weight excluding hydrogens is 412 g/mol. The van der Waals surface area contributed by atoms with Crippen LogP contribution in [0.3, 0.4) is 0 Å². The average Bonchev–Trinajstić information content (AvgIpc) is 3.24. The second-order valence-corrected chi connectivity index (χ2v) is 6.66. The normalized spacial score (nSPS) is 11.5. The van der Waals surface area contributed by atoms with Crippen LogP contribution in [0.25, 0.3) is 5.69 Å². The molecule has 0 aliphatic heterocycles. The summed E-state index contributed by atoms with van der Waals surface area (Å²) >= 11 is 6.22. The van der Waals surface area contributed by atoms with Crippen molar-refractivity contribution in [2.75, 3.05) is 7.11 Å². The van der Waals surface area contributed by atoms with Crippen molar-refractivity contribution in [3.05, 3.63) is 87.2 Å². The number of amides is 1. The Morgan fingerprint density at radius 2 is 2.00 bits per heavy atom. The van der Waals surface area contributed by atoms with Crippen LogP contribution in [-0.2, 0) is 9.53 Å². The second-order valence-electron chi connectivity index (χ2n) is 6.25. The minimum absolute atomic E-state index is 0.0726. The predicted octanol–water partition coefficient (Wildman–Crippen LogP) is 3.47. The maximum absolute atomic E-state index is 12.7. The van der Waals surface area contributed by atoms with Crippen LogP contribution in [-0.4, -0.2) is 33.7 Å². The Bertz CT molecular complexity index is 1100. The number of nitrogens with one attached hydrogen (secondary N) is 1. The van der Waals surface area contributed by atoms with Crippen LogP contribution in [0.4, 0.5) is 5.69 Å². The third kappa shape index (κ3) is 4.81. The predicted molar refractivity (Wildman–Crippen MR) is 109 cm³/mol. The highest BCUT2D eigenvalue weighted by molar-refractivity contribution is 6.31. The Balaban J connectivity index is 1.83. The van der Waals surface area contributed by atoms with Gasteiger partial charge in [0.1, 0.15) is 0 Å². The van der Waals surface area contributed by atoms with Gasteiger partial charge in [-0.1, -0.05) is 35.9 Å². The molecule has 3 rings (SSSR count). The van der Waals surface area contributed by atoms with E-state index in [1.54, 1.807) is 30.3 Å². The van der Waals surface area contributed by atoms with Gasteiger partial charge in [0.15, 0.2) is 5.69 Å². The molecule has 0 radical (unpaired) electrons. The zero-order chi connectivity index (χ0) is 21.7. The zero-order valence-corrected chi connectivity index (χ0v) is 16.6. The first-order chi connectivity index (χ1) is 14.4. The van der Waals surface area contributed by atoms with Crippen molar-refractivity contribution in [1.29, 1.82) is 0 Å². The molecule has 1 N–H and O–H groups in total. The molecule has 0 aliphatic rings. The van der Waals surface area contributed by atoms with Crippen molar-refractivity contribution < 1.29 is 19.2 Å². The summed E-state index contributed by atoms with van der Waals surface area (Å²) in [6.45, 7) is 0. The van der Waals surface area contributed by atoms with E-state index in [2.05, 4.69) is 10.4 Å². The lowest BCUT2D eigenvalue weighted by Crippen LogP contribution is -2.31. The molecule has 0 fully saturated rings. The first-order valence-electron chi connectivity index (χ1n) is 8.81. The molecule has 1 aromatic heterocycles. The average molecular weight is 429 g/mol. The summed E-state index contributed by atoms with van der Waals surface area (Å²) in [5.74, 6) is -1.05. The summed E-state index contributed by atoms with van der Waals surface area (Å²) < 4.78 is 6.07. The maximum Gasteiger partial charge on any atom is 0.307 e. The molecule has 1 heterocycles. The molecule has 0 spiro atoms. The molecule has 1 unspecified atom stereocenters. The lowest BCUT2D eigenvalue weighted by Gasteiger charge is -2.18. The number of nitro benzene ring substituents is 1. The summed E-state index contributed by atoms with van der Waals surface area (Å²) in [6.07, 6.45) is 1.40. The van der Waals surface area contributed by atoms with Crippen LogP contribution in [0.1, 0.15) is 28.5 Å². The number of aromatic nitrogens is 2. The number of ether oxygens (including phenoxy) is 1. The molecular formula is C20H17ClN4O5. The molecule has 0 bridgehead atoms. The van der Waals surface area contributed by atoms with Gasteiger partial charge in [0.05, 0.1) is 30.2 Å². The number of methoxy groups -OCH3 is 1. The van der Waals surface area contributed by atoms with Crippen molar-refractivity contribution in [3.63, 3.8) is 0 Å². The molecule has 30 heavy (non-hydrogen) atoms. The van der Waals surface area contributed by atoms with E-state index in [-0.39, 0.29) is 17.8 Å². The van der Waals surface area contributed by atoms with E-state index in [0.717, 1.165) is 0 Å². The minimum atomic E-state index is -0.721. The van der Waals surface area contributed by atoms with Crippen molar-refractivity contribution in [3.8, 4) is 5.69 Å². The third-order valence-electron chi connectivity index (χ3n) is 4.31. The fourth-order valence-electron chi connectivity index (χ4n) is 2.82. The molecule has 10 heteroatoms. The smallest absolute Gasteiger partial charge is 0.307 e. The summed E-state index contributed by atoms with van der Waals surface area (Å²) in [7, 11) is 1.26. The topological polar surface area (TPSA) is 116 Å². The second kappa shape index (κ2) is 9.19. The molecule has 3 aromatic rings. The standard InChI is InChI=1S/C20H17ClN4O5/c1-30-19(26)12-18(15-7-2-3-8-16(15)21)22-20(27)17-9-10-24(23-17)13-5-4-6-14(11-13)25(28)29/h2-11,18H,12H2,1H3,(H,22,27). The van der Waals surface area contributed by atoms with Crippen molar-refractivity contribution in [2.45, 2.75) is 12.5 Å². The number of carbonyl (C=O) groups is 2. The summed E-state index contributed by atoms with van der Waals surface area (Å²) in [5.41, 5.74) is 0.978. The molecule has 1 atom stereocenters. The fourth-order valence-corrected chi connectivity index (χ4v) is 3.08. The highest BCUT2D eigenvalue weighted by Crippen LogP contribution is 2.26. The summed E-state index contributed by atoms with van der Waals surface area (Å²) in [4.78, 5) is 35.0. The van der Waals surface area contributed by atoms with Gasteiger partial charge in [-0.15, -0.1) is 0 Å². The van der Waals surface area contributed by atoms with Gasteiger partial charge in [-0.2, -0.15) is 5.10 Å². The van der Waals surface area contributed by atoms with E-state index in [9.17, 15) is 19.7 Å². The lowest BCUT2D eigenvalue weighted by atomic mass is 10.0. The first-order valence-corrected chi connectivity index (χ1v) is 9.19. The van der Waals surface area contributed by atoms with Crippen molar-refractivity contribution in [2.24, 2.45) is 0 Å². The molecule has 0 saturated heterocycles. The van der Waals surface area contributed by atoms with E-state index in [4.69, 9.17) is 16.3 Å². The third-order valence-corrected chi connectivity index (χ3v) is 4.66. The minimum Gasteiger partial charge on any atom is -0.469 e. The zero-order valence-electron chi connectivity index (χ0n) is 15.8. The molecule has 1 amide bonds. The Kier molecular flexibility index (Phi) is 6.43. The van der Waals surface area contributed by atoms with E-state index in [1.807, 2.05) is 0 Å². The first kappa shape index (κ1) is 21.0. The van der Waals surface area contributed by atoms with E-state index in [0.29, 0.717) is 16.3 Å².